The number of hydrogen-bond acceptors (Lipinski definition) is 3. The minimum absolute atomic E-state index is 0.141. The molecule has 1 atom stereocenters. The highest BCUT2D eigenvalue weighted by molar-refractivity contribution is 7.80. The molecule has 1 rings (SSSR count). The van der Waals surface area contributed by atoms with Gasteiger partial charge in [-0.2, -0.15) is 0 Å². The maximum absolute atomic E-state index is 11.9. The van der Waals surface area contributed by atoms with Crippen LogP contribution in [0.25, 0.3) is 0 Å². The fourth-order valence-corrected chi connectivity index (χ4v) is 2.02. The second kappa shape index (κ2) is 6.15. The lowest BCUT2D eigenvalue weighted by Crippen LogP contribution is -2.51. The van der Waals surface area contributed by atoms with Crippen molar-refractivity contribution in [3.8, 4) is 0 Å². The van der Waals surface area contributed by atoms with E-state index in [1.807, 2.05) is 18.7 Å². The minimum atomic E-state index is 0.141. The molecule has 0 aliphatic carbocycles. The number of nitrogens with zero attached hydrogens (tertiary/aromatic N) is 2. The molecule has 1 fully saturated rings. The normalized spacial score (nSPS) is 19.5. The van der Waals surface area contributed by atoms with Gasteiger partial charge in [0.25, 0.3) is 0 Å². The molecule has 5 heteroatoms. The van der Waals surface area contributed by atoms with Crippen molar-refractivity contribution in [2.75, 3.05) is 32.7 Å². The lowest BCUT2D eigenvalue weighted by atomic mass is 10.1. The van der Waals surface area contributed by atoms with Gasteiger partial charge in [-0.05, 0) is 6.42 Å². The van der Waals surface area contributed by atoms with E-state index in [1.54, 1.807) is 0 Å². The molecule has 0 bridgehead atoms. The zero-order chi connectivity index (χ0) is 12.1. The molecule has 0 radical (unpaired) electrons. The third-order valence-electron chi connectivity index (χ3n) is 3.10. The predicted molar refractivity (Wildman–Crippen MR) is 69.3 cm³/mol. The van der Waals surface area contributed by atoms with Gasteiger partial charge < -0.3 is 10.6 Å². The number of piperazine rings is 1. The Bertz CT molecular complexity index is 262. The molecule has 92 valence electrons. The van der Waals surface area contributed by atoms with Gasteiger partial charge in [0.15, 0.2) is 0 Å². The van der Waals surface area contributed by atoms with Crippen molar-refractivity contribution in [3.63, 3.8) is 0 Å². The van der Waals surface area contributed by atoms with E-state index < -0.39 is 0 Å². The largest absolute Gasteiger partial charge is 0.392 e. The molecule has 16 heavy (non-hydrogen) atoms. The zero-order valence-electron chi connectivity index (χ0n) is 10.1. The number of carbonyl (C=O) groups is 1. The lowest BCUT2D eigenvalue weighted by molar-refractivity contribution is -0.136. The molecule has 0 spiro atoms. The molecule has 1 aliphatic rings. The first-order valence-corrected chi connectivity index (χ1v) is 6.24. The van der Waals surface area contributed by atoms with E-state index in [1.165, 1.54) is 0 Å². The fraction of sp³-hybridized carbons (Fsp3) is 0.818. The van der Waals surface area contributed by atoms with Gasteiger partial charge >= 0.3 is 0 Å². The van der Waals surface area contributed by atoms with E-state index in [2.05, 4.69) is 4.90 Å². The van der Waals surface area contributed by atoms with Gasteiger partial charge in [0.2, 0.25) is 5.91 Å². The van der Waals surface area contributed by atoms with Crippen LogP contribution in [-0.4, -0.2) is 53.4 Å². The number of nitrogens with two attached hydrogens (primary N) is 1. The van der Waals surface area contributed by atoms with Gasteiger partial charge in [0, 0.05) is 38.6 Å². The summed E-state index contributed by atoms with van der Waals surface area (Å²) in [5.41, 5.74) is 5.50. The average molecular weight is 243 g/mol. The van der Waals surface area contributed by atoms with Gasteiger partial charge in [0.05, 0.1) is 4.99 Å². The summed E-state index contributed by atoms with van der Waals surface area (Å²) in [5.74, 6) is 0.416. The van der Waals surface area contributed by atoms with Crippen molar-refractivity contribution in [2.24, 2.45) is 11.7 Å². The molecule has 1 amide bonds. The first-order valence-electron chi connectivity index (χ1n) is 5.84. The Labute approximate surface area is 103 Å². The van der Waals surface area contributed by atoms with E-state index in [4.69, 9.17) is 18.0 Å². The van der Waals surface area contributed by atoms with Gasteiger partial charge in [-0.3, -0.25) is 9.69 Å². The van der Waals surface area contributed by atoms with Crippen LogP contribution < -0.4 is 5.73 Å². The Kier molecular flexibility index (Phi) is 5.15. The number of amides is 1. The van der Waals surface area contributed by atoms with Crippen LogP contribution in [0.1, 0.15) is 20.3 Å². The quantitative estimate of drug-likeness (QED) is 0.729. The van der Waals surface area contributed by atoms with Crippen molar-refractivity contribution in [3.05, 3.63) is 0 Å². The maximum Gasteiger partial charge on any atom is 0.225 e. The molecule has 1 unspecified atom stereocenters. The molecule has 1 heterocycles. The van der Waals surface area contributed by atoms with Crippen molar-refractivity contribution < 1.29 is 4.79 Å². The molecule has 0 aromatic rings. The molecular formula is C11H21N3OS. The first-order chi connectivity index (χ1) is 7.54. The standard InChI is InChI=1S/C11H21N3OS/c1-3-9(2)11(15)14-6-4-13(5-7-14)8-10(12)16/h9H,3-8H2,1-2H3,(H2,12,16). The summed E-state index contributed by atoms with van der Waals surface area (Å²) >= 11 is 4.87. The van der Waals surface area contributed by atoms with Crippen molar-refractivity contribution in [2.45, 2.75) is 20.3 Å². The molecule has 0 aromatic heterocycles. The van der Waals surface area contributed by atoms with Crippen LogP contribution >= 0.6 is 12.2 Å². The Morgan fingerprint density at radius 1 is 1.38 bits per heavy atom. The highest BCUT2D eigenvalue weighted by atomic mass is 32.1. The van der Waals surface area contributed by atoms with Crippen LogP contribution in [-0.2, 0) is 4.79 Å². The van der Waals surface area contributed by atoms with Gasteiger partial charge in [-0.1, -0.05) is 26.1 Å². The highest BCUT2D eigenvalue weighted by Gasteiger charge is 2.23. The molecule has 1 saturated heterocycles. The first kappa shape index (κ1) is 13.4. The lowest BCUT2D eigenvalue weighted by Gasteiger charge is -2.35. The van der Waals surface area contributed by atoms with Gasteiger partial charge in [-0.25, -0.2) is 0 Å². The van der Waals surface area contributed by atoms with Gasteiger partial charge in [-0.15, -0.1) is 0 Å². The van der Waals surface area contributed by atoms with Crippen LogP contribution in [0.3, 0.4) is 0 Å². The smallest absolute Gasteiger partial charge is 0.225 e. The topological polar surface area (TPSA) is 49.6 Å². The van der Waals surface area contributed by atoms with Crippen molar-refractivity contribution in [1.82, 2.24) is 9.80 Å². The van der Waals surface area contributed by atoms with Gasteiger partial charge in [0.1, 0.15) is 0 Å². The number of carbonyl (C=O) groups excluding carboxylic acids is 1. The second-order valence-electron chi connectivity index (χ2n) is 4.38. The zero-order valence-corrected chi connectivity index (χ0v) is 10.9. The Morgan fingerprint density at radius 3 is 2.38 bits per heavy atom. The number of thiocarbonyl (C=S) groups is 1. The number of hydrogen-bond donors (Lipinski definition) is 1. The summed E-state index contributed by atoms with van der Waals surface area (Å²) in [6, 6.07) is 0. The van der Waals surface area contributed by atoms with E-state index in [9.17, 15) is 4.79 Å². The van der Waals surface area contributed by atoms with E-state index in [0.717, 1.165) is 32.6 Å². The molecule has 4 nitrogen and oxygen atoms in total. The highest BCUT2D eigenvalue weighted by Crippen LogP contribution is 2.09. The average Bonchev–Trinajstić information content (AvgIpc) is 2.27. The van der Waals surface area contributed by atoms with E-state index in [-0.39, 0.29) is 11.8 Å². The molecule has 2 N–H and O–H groups in total. The predicted octanol–water partition coefficient (Wildman–Crippen LogP) is 0.463. The van der Waals surface area contributed by atoms with Crippen molar-refractivity contribution in [1.29, 1.82) is 0 Å². The summed E-state index contributed by atoms with van der Waals surface area (Å²) in [6.45, 7) is 8.05. The Hall–Kier alpha value is -0.680. The SMILES string of the molecule is CCC(C)C(=O)N1CCN(CC(N)=S)CC1. The van der Waals surface area contributed by atoms with Crippen LogP contribution in [0.4, 0.5) is 0 Å². The summed E-state index contributed by atoms with van der Waals surface area (Å²) in [5, 5.41) is 0. The monoisotopic (exact) mass is 243 g/mol. The summed E-state index contributed by atoms with van der Waals surface area (Å²) in [7, 11) is 0. The minimum Gasteiger partial charge on any atom is -0.392 e. The summed E-state index contributed by atoms with van der Waals surface area (Å²) in [6.07, 6.45) is 0.909. The molecular weight excluding hydrogens is 222 g/mol. The van der Waals surface area contributed by atoms with Crippen LogP contribution in [0.15, 0.2) is 0 Å². The van der Waals surface area contributed by atoms with Crippen LogP contribution in [0, 0.1) is 5.92 Å². The van der Waals surface area contributed by atoms with Crippen LogP contribution in [0.2, 0.25) is 0 Å². The summed E-state index contributed by atoms with van der Waals surface area (Å²) < 4.78 is 0. The Morgan fingerprint density at radius 2 is 1.94 bits per heavy atom. The second-order valence-corrected chi connectivity index (χ2v) is 4.90. The van der Waals surface area contributed by atoms with E-state index >= 15 is 0 Å². The third-order valence-corrected chi connectivity index (χ3v) is 3.23. The molecule has 0 saturated carbocycles. The number of rotatable bonds is 4. The molecule has 0 aromatic carbocycles. The Balaban J connectivity index is 2.37. The van der Waals surface area contributed by atoms with E-state index in [0.29, 0.717) is 11.5 Å². The van der Waals surface area contributed by atoms with Crippen molar-refractivity contribution >= 4 is 23.1 Å². The maximum atomic E-state index is 11.9. The fourth-order valence-electron chi connectivity index (χ4n) is 1.83. The summed E-state index contributed by atoms with van der Waals surface area (Å²) in [4.78, 5) is 16.6. The third kappa shape index (κ3) is 3.72. The molecule has 1 aliphatic heterocycles. The van der Waals surface area contributed by atoms with Crippen LogP contribution in [0.5, 0.6) is 0 Å².